The molecule has 154 valence electrons. The number of rotatable bonds is 5. The van der Waals surface area contributed by atoms with Crippen LogP contribution in [0.2, 0.25) is 0 Å². The maximum absolute atomic E-state index is 11.6. The maximum atomic E-state index is 11.6. The molecule has 0 radical (unpaired) electrons. The van der Waals surface area contributed by atoms with Crippen LogP contribution in [0.4, 0.5) is 0 Å². The molecular weight excluding hydrogens is 400 g/mol. The number of methoxy groups -OCH3 is 1. The molecule has 0 saturated carbocycles. The number of primary sulfonamides is 1. The van der Waals surface area contributed by atoms with Gasteiger partial charge in [-0.1, -0.05) is 42.5 Å². The number of hydrogen-bond donors (Lipinski definition) is 1. The van der Waals surface area contributed by atoms with Crippen molar-refractivity contribution in [3.63, 3.8) is 0 Å². The molecule has 2 heterocycles. The van der Waals surface area contributed by atoms with Gasteiger partial charge in [0, 0.05) is 0 Å². The lowest BCUT2D eigenvalue weighted by molar-refractivity contribution is 0.400. The zero-order valence-corrected chi connectivity index (χ0v) is 17.7. The number of imidazole rings is 1. The predicted octanol–water partition coefficient (Wildman–Crippen LogP) is 3.67. The van der Waals surface area contributed by atoms with Crippen molar-refractivity contribution >= 4 is 21.1 Å². The molecule has 0 bridgehead atoms. The fraction of sp³-hybridized carbons (Fsp3) is 0.182. The average Bonchev–Trinajstić information content (AvgIpc) is 3.08. The molecule has 0 saturated heterocycles. The summed E-state index contributed by atoms with van der Waals surface area (Å²) < 4.78 is 30.9. The van der Waals surface area contributed by atoms with Crippen LogP contribution in [0.5, 0.6) is 5.88 Å². The van der Waals surface area contributed by atoms with Crippen LogP contribution in [0.1, 0.15) is 24.4 Å². The van der Waals surface area contributed by atoms with Crippen molar-refractivity contribution in [2.75, 3.05) is 7.11 Å². The van der Waals surface area contributed by atoms with Crippen LogP contribution < -0.4 is 9.88 Å². The Morgan fingerprint density at radius 3 is 2.33 bits per heavy atom. The molecule has 0 spiro atoms. The molecule has 0 amide bonds. The van der Waals surface area contributed by atoms with E-state index in [-0.39, 0.29) is 10.9 Å². The van der Waals surface area contributed by atoms with Crippen LogP contribution in [0.15, 0.2) is 65.7 Å². The fourth-order valence-electron chi connectivity index (χ4n) is 3.77. The van der Waals surface area contributed by atoms with Crippen LogP contribution in [-0.4, -0.2) is 30.1 Å². The van der Waals surface area contributed by atoms with Crippen LogP contribution in [0, 0.1) is 6.92 Å². The summed E-state index contributed by atoms with van der Waals surface area (Å²) in [6.07, 6.45) is 1.71. The summed E-state index contributed by atoms with van der Waals surface area (Å²) in [5, 5.41) is 5.23. The molecule has 4 rings (SSSR count). The third-order valence-electron chi connectivity index (χ3n) is 5.20. The third-order valence-corrected chi connectivity index (χ3v) is 6.13. The molecule has 30 heavy (non-hydrogen) atoms. The van der Waals surface area contributed by atoms with Crippen LogP contribution >= 0.6 is 0 Å². The van der Waals surface area contributed by atoms with Gasteiger partial charge in [-0.05, 0) is 37.1 Å². The molecule has 0 aliphatic rings. The van der Waals surface area contributed by atoms with Crippen molar-refractivity contribution < 1.29 is 13.2 Å². The number of aryl methyl sites for hydroxylation is 1. The van der Waals surface area contributed by atoms with Gasteiger partial charge in [0.05, 0.1) is 35.3 Å². The Hall–Kier alpha value is -3.23. The number of hydrogen-bond acceptors (Lipinski definition) is 5. The molecule has 2 aromatic carbocycles. The first kappa shape index (κ1) is 20.1. The van der Waals surface area contributed by atoms with E-state index in [4.69, 9.17) is 14.9 Å². The largest absolute Gasteiger partial charge is 0.480 e. The first-order valence-corrected chi connectivity index (χ1v) is 11.0. The molecule has 4 aromatic rings. The molecule has 1 atom stereocenters. The fourth-order valence-corrected chi connectivity index (χ4v) is 4.28. The average molecular weight is 423 g/mol. The Labute approximate surface area is 175 Å². The number of pyridine rings is 1. The number of nitrogens with zero attached hydrogens (tertiary/aromatic N) is 3. The SMILES string of the molecule is COc1ncc2nc(C)n(C(C)c3ccc(S(N)(=O)=O)cc3)c2c1-c1ccccc1. The van der Waals surface area contributed by atoms with E-state index in [1.165, 1.54) is 12.1 Å². The van der Waals surface area contributed by atoms with Crippen molar-refractivity contribution in [1.82, 2.24) is 14.5 Å². The molecule has 0 aliphatic carbocycles. The minimum absolute atomic E-state index is 0.0847. The molecule has 8 heteroatoms. The Kier molecular flexibility index (Phi) is 5.05. The minimum atomic E-state index is -3.74. The highest BCUT2D eigenvalue weighted by Crippen LogP contribution is 2.38. The zero-order valence-electron chi connectivity index (χ0n) is 16.9. The number of sulfonamides is 1. The second-order valence-electron chi connectivity index (χ2n) is 7.06. The first-order chi connectivity index (χ1) is 14.3. The zero-order chi connectivity index (χ0) is 21.5. The number of benzene rings is 2. The maximum Gasteiger partial charge on any atom is 0.238 e. The van der Waals surface area contributed by atoms with Crippen molar-refractivity contribution in [3.8, 4) is 17.0 Å². The number of aromatic nitrogens is 3. The summed E-state index contributed by atoms with van der Waals surface area (Å²) in [5.74, 6) is 1.34. The Morgan fingerprint density at radius 1 is 1.07 bits per heavy atom. The van der Waals surface area contributed by atoms with Gasteiger partial charge in [-0.25, -0.2) is 23.5 Å². The van der Waals surface area contributed by atoms with Gasteiger partial charge in [0.1, 0.15) is 11.3 Å². The first-order valence-electron chi connectivity index (χ1n) is 9.41. The normalized spacial score (nSPS) is 12.8. The van der Waals surface area contributed by atoms with Crippen LogP contribution in [0.25, 0.3) is 22.2 Å². The van der Waals surface area contributed by atoms with Crippen LogP contribution in [0.3, 0.4) is 0 Å². The van der Waals surface area contributed by atoms with Gasteiger partial charge < -0.3 is 9.30 Å². The van der Waals surface area contributed by atoms with Crippen molar-refractivity contribution in [3.05, 3.63) is 72.2 Å². The summed E-state index contributed by atoms with van der Waals surface area (Å²) in [5.41, 5.74) is 4.45. The highest BCUT2D eigenvalue weighted by Gasteiger charge is 2.22. The van der Waals surface area contributed by atoms with Crippen LogP contribution in [-0.2, 0) is 10.0 Å². The summed E-state index contributed by atoms with van der Waals surface area (Å²) >= 11 is 0. The van der Waals surface area contributed by atoms with E-state index in [0.717, 1.165) is 33.5 Å². The van der Waals surface area contributed by atoms with Crippen molar-refractivity contribution in [1.29, 1.82) is 0 Å². The summed E-state index contributed by atoms with van der Waals surface area (Å²) in [6.45, 7) is 3.98. The molecule has 0 fully saturated rings. The van der Waals surface area contributed by atoms with Gasteiger partial charge in [0.25, 0.3) is 0 Å². The third kappa shape index (κ3) is 3.44. The summed E-state index contributed by atoms with van der Waals surface area (Å²) in [4.78, 5) is 9.24. The second kappa shape index (κ2) is 7.55. The lowest BCUT2D eigenvalue weighted by Gasteiger charge is -2.19. The van der Waals surface area contributed by atoms with Crippen molar-refractivity contribution in [2.24, 2.45) is 5.14 Å². The quantitative estimate of drug-likeness (QED) is 0.529. The topological polar surface area (TPSA) is 100 Å². The van der Waals surface area contributed by atoms with Gasteiger partial charge in [-0.3, -0.25) is 0 Å². The Morgan fingerprint density at radius 2 is 1.73 bits per heavy atom. The summed E-state index contributed by atoms with van der Waals surface area (Å²) in [7, 11) is -2.14. The minimum Gasteiger partial charge on any atom is -0.480 e. The van der Waals surface area contributed by atoms with E-state index in [1.54, 1.807) is 25.4 Å². The lowest BCUT2D eigenvalue weighted by atomic mass is 10.0. The molecular formula is C22H22N4O3S. The van der Waals surface area contributed by atoms with Gasteiger partial charge in [0.15, 0.2) is 0 Å². The van der Waals surface area contributed by atoms with E-state index in [0.29, 0.717) is 5.88 Å². The molecule has 2 aromatic heterocycles. The Bertz CT molecular complexity index is 1310. The standard InChI is InChI=1S/C22H22N4O3S/c1-14(16-9-11-18(12-10-16)30(23,27)28)26-15(2)25-19-13-24-22(29-3)20(21(19)26)17-7-5-4-6-8-17/h4-14H,1-3H3,(H2,23,27,28). The molecule has 2 N–H and O–H groups in total. The lowest BCUT2D eigenvalue weighted by Crippen LogP contribution is -2.13. The molecule has 0 aliphatic heterocycles. The Balaban J connectivity index is 1.94. The second-order valence-corrected chi connectivity index (χ2v) is 8.62. The highest BCUT2D eigenvalue weighted by molar-refractivity contribution is 7.89. The molecule has 7 nitrogen and oxygen atoms in total. The van der Waals surface area contributed by atoms with E-state index in [9.17, 15) is 8.42 Å². The van der Waals surface area contributed by atoms with Gasteiger partial charge in [0.2, 0.25) is 15.9 Å². The van der Waals surface area contributed by atoms with Crippen molar-refractivity contribution in [2.45, 2.75) is 24.8 Å². The van der Waals surface area contributed by atoms with E-state index in [1.807, 2.05) is 44.2 Å². The van der Waals surface area contributed by atoms with Gasteiger partial charge in [-0.2, -0.15) is 0 Å². The van der Waals surface area contributed by atoms with E-state index < -0.39 is 10.0 Å². The monoisotopic (exact) mass is 422 g/mol. The predicted molar refractivity (Wildman–Crippen MR) is 116 cm³/mol. The van der Waals surface area contributed by atoms with E-state index >= 15 is 0 Å². The van der Waals surface area contributed by atoms with Gasteiger partial charge in [-0.15, -0.1) is 0 Å². The highest BCUT2D eigenvalue weighted by atomic mass is 32.2. The summed E-state index contributed by atoms with van der Waals surface area (Å²) in [6, 6.07) is 16.4. The smallest absolute Gasteiger partial charge is 0.238 e. The van der Waals surface area contributed by atoms with Gasteiger partial charge >= 0.3 is 0 Å². The molecule has 1 unspecified atom stereocenters. The number of fused-ring (bicyclic) bond motifs is 1. The number of ether oxygens (including phenoxy) is 1. The van der Waals surface area contributed by atoms with E-state index in [2.05, 4.69) is 9.55 Å². The number of nitrogens with two attached hydrogens (primary N) is 1.